The van der Waals surface area contributed by atoms with Gasteiger partial charge in [-0.25, -0.2) is 4.79 Å². The van der Waals surface area contributed by atoms with Gasteiger partial charge in [0.1, 0.15) is 0 Å². The van der Waals surface area contributed by atoms with E-state index in [9.17, 15) is 9.59 Å². The van der Waals surface area contributed by atoms with Gasteiger partial charge in [0.05, 0.1) is 0 Å². The number of rotatable bonds is 1. The first-order valence-corrected chi connectivity index (χ1v) is 4.94. The van der Waals surface area contributed by atoms with Gasteiger partial charge in [0, 0.05) is 14.0 Å². The number of benzene rings is 1. The highest BCUT2D eigenvalue weighted by Crippen LogP contribution is 2.40. The van der Waals surface area contributed by atoms with Crippen molar-refractivity contribution < 1.29 is 23.8 Å². The maximum Gasteiger partial charge on any atom is 0.421 e. The Bertz CT molecular complexity index is 471. The van der Waals surface area contributed by atoms with E-state index in [0.717, 1.165) is 4.90 Å². The number of carbonyl (C=O) groups excluding carboxylic acids is 2. The van der Waals surface area contributed by atoms with E-state index in [0.29, 0.717) is 11.5 Å². The Kier molecular flexibility index (Phi) is 2.86. The largest absolute Gasteiger partial charge is 0.453 e. The van der Waals surface area contributed by atoms with Crippen LogP contribution >= 0.6 is 0 Å². The van der Waals surface area contributed by atoms with E-state index >= 15 is 0 Å². The predicted molar refractivity (Wildman–Crippen MR) is 57.0 cm³/mol. The van der Waals surface area contributed by atoms with E-state index in [-0.39, 0.29) is 12.5 Å². The summed E-state index contributed by atoms with van der Waals surface area (Å²) >= 11 is 0. The van der Waals surface area contributed by atoms with Crippen molar-refractivity contribution >= 4 is 12.0 Å². The summed E-state index contributed by atoms with van der Waals surface area (Å²) < 4.78 is 15.3. The topological polar surface area (TPSA) is 65.1 Å². The highest BCUT2D eigenvalue weighted by atomic mass is 16.7. The first-order chi connectivity index (χ1) is 8.09. The van der Waals surface area contributed by atoms with Crippen LogP contribution in [0.15, 0.2) is 18.2 Å². The summed E-state index contributed by atoms with van der Waals surface area (Å²) in [4.78, 5) is 23.4. The van der Waals surface area contributed by atoms with Gasteiger partial charge in [0.2, 0.25) is 18.4 Å². The van der Waals surface area contributed by atoms with Gasteiger partial charge in [-0.1, -0.05) is 6.07 Å². The molecule has 90 valence electrons. The van der Waals surface area contributed by atoms with Crippen molar-refractivity contribution in [2.45, 2.75) is 6.92 Å². The zero-order valence-electron chi connectivity index (χ0n) is 9.43. The average Bonchev–Trinajstić information content (AvgIpc) is 2.76. The van der Waals surface area contributed by atoms with Crippen molar-refractivity contribution in [2.75, 3.05) is 13.8 Å². The molecule has 1 heterocycles. The van der Waals surface area contributed by atoms with Crippen LogP contribution in [-0.2, 0) is 4.79 Å². The lowest BCUT2D eigenvalue weighted by atomic mass is 10.3. The Morgan fingerprint density at radius 2 is 2.12 bits per heavy atom. The second-order valence-corrected chi connectivity index (χ2v) is 3.44. The van der Waals surface area contributed by atoms with Crippen molar-refractivity contribution in [1.29, 1.82) is 0 Å². The third kappa shape index (κ3) is 2.15. The maximum atomic E-state index is 11.5. The lowest BCUT2D eigenvalue weighted by Crippen LogP contribution is -2.33. The van der Waals surface area contributed by atoms with Gasteiger partial charge in [-0.2, -0.15) is 0 Å². The molecule has 0 saturated heterocycles. The highest BCUT2D eigenvalue weighted by molar-refractivity contribution is 5.91. The number of hydrogen-bond acceptors (Lipinski definition) is 5. The SMILES string of the molecule is CC(=O)N(C)C(=O)Oc1cccc2c1OCO2. The van der Waals surface area contributed by atoms with Crippen molar-refractivity contribution in [3.8, 4) is 17.2 Å². The number of ether oxygens (including phenoxy) is 3. The smallest absolute Gasteiger partial charge is 0.421 e. The number of carbonyl (C=O) groups is 2. The van der Waals surface area contributed by atoms with Crippen LogP contribution in [0.1, 0.15) is 6.92 Å². The van der Waals surface area contributed by atoms with E-state index in [4.69, 9.17) is 14.2 Å². The molecule has 2 rings (SSSR count). The molecule has 0 aromatic heterocycles. The third-order valence-corrected chi connectivity index (χ3v) is 2.30. The summed E-state index contributed by atoms with van der Waals surface area (Å²) in [6.07, 6.45) is -0.763. The van der Waals surface area contributed by atoms with Gasteiger partial charge in [-0.15, -0.1) is 0 Å². The highest BCUT2D eigenvalue weighted by Gasteiger charge is 2.22. The van der Waals surface area contributed by atoms with E-state index in [1.807, 2.05) is 0 Å². The Labute approximate surface area is 97.7 Å². The number of hydrogen-bond donors (Lipinski definition) is 0. The molecule has 0 radical (unpaired) electrons. The lowest BCUT2D eigenvalue weighted by Gasteiger charge is -2.13. The number of nitrogens with zero attached hydrogens (tertiary/aromatic N) is 1. The van der Waals surface area contributed by atoms with Crippen LogP contribution in [0.2, 0.25) is 0 Å². The zero-order chi connectivity index (χ0) is 12.4. The Morgan fingerprint density at radius 3 is 2.82 bits per heavy atom. The lowest BCUT2D eigenvalue weighted by molar-refractivity contribution is -0.125. The summed E-state index contributed by atoms with van der Waals surface area (Å²) in [7, 11) is 1.34. The number of para-hydroxylation sites is 1. The monoisotopic (exact) mass is 237 g/mol. The van der Waals surface area contributed by atoms with Gasteiger partial charge < -0.3 is 14.2 Å². The predicted octanol–water partition coefficient (Wildman–Crippen LogP) is 1.39. The molecule has 0 atom stereocenters. The van der Waals surface area contributed by atoms with Crippen LogP contribution in [0.25, 0.3) is 0 Å². The molecule has 0 unspecified atom stereocenters. The average molecular weight is 237 g/mol. The number of fused-ring (bicyclic) bond motifs is 1. The van der Waals surface area contributed by atoms with Gasteiger partial charge in [0.25, 0.3) is 0 Å². The van der Waals surface area contributed by atoms with Crippen LogP contribution in [0, 0.1) is 0 Å². The first-order valence-electron chi connectivity index (χ1n) is 4.94. The molecule has 6 heteroatoms. The second-order valence-electron chi connectivity index (χ2n) is 3.44. The van der Waals surface area contributed by atoms with Crippen LogP contribution in [0.4, 0.5) is 4.79 Å². The Balaban J connectivity index is 2.17. The van der Waals surface area contributed by atoms with Crippen molar-refractivity contribution in [1.82, 2.24) is 4.90 Å². The molecule has 0 N–H and O–H groups in total. The van der Waals surface area contributed by atoms with Gasteiger partial charge in [0.15, 0.2) is 11.5 Å². The van der Waals surface area contributed by atoms with Crippen molar-refractivity contribution in [2.24, 2.45) is 0 Å². The number of imide groups is 1. The Hall–Kier alpha value is -2.24. The number of amides is 2. The summed E-state index contributed by atoms with van der Waals surface area (Å²) in [5.41, 5.74) is 0. The maximum absolute atomic E-state index is 11.5. The summed E-state index contributed by atoms with van der Waals surface area (Å²) in [6, 6.07) is 4.94. The van der Waals surface area contributed by atoms with Crippen LogP contribution in [-0.4, -0.2) is 30.7 Å². The van der Waals surface area contributed by atoms with Crippen LogP contribution < -0.4 is 14.2 Å². The molecule has 0 spiro atoms. The minimum atomic E-state index is -0.763. The van der Waals surface area contributed by atoms with E-state index < -0.39 is 12.0 Å². The fourth-order valence-electron chi connectivity index (χ4n) is 1.27. The van der Waals surface area contributed by atoms with Crippen molar-refractivity contribution in [3.63, 3.8) is 0 Å². The van der Waals surface area contributed by atoms with Gasteiger partial charge in [-0.05, 0) is 12.1 Å². The minimum Gasteiger partial charge on any atom is -0.453 e. The molecule has 1 aliphatic heterocycles. The zero-order valence-corrected chi connectivity index (χ0v) is 9.43. The molecule has 6 nitrogen and oxygen atoms in total. The van der Waals surface area contributed by atoms with Crippen molar-refractivity contribution in [3.05, 3.63) is 18.2 Å². The van der Waals surface area contributed by atoms with Crippen LogP contribution in [0.5, 0.6) is 17.2 Å². The van der Waals surface area contributed by atoms with E-state index in [1.54, 1.807) is 18.2 Å². The normalized spacial score (nSPS) is 12.1. The van der Waals surface area contributed by atoms with E-state index in [2.05, 4.69) is 0 Å². The molecular weight excluding hydrogens is 226 g/mol. The summed E-state index contributed by atoms with van der Waals surface area (Å²) in [5, 5.41) is 0. The fraction of sp³-hybridized carbons (Fsp3) is 0.273. The molecule has 17 heavy (non-hydrogen) atoms. The summed E-state index contributed by atoms with van der Waals surface area (Å²) in [5.74, 6) is 0.719. The molecule has 1 aromatic rings. The third-order valence-electron chi connectivity index (χ3n) is 2.30. The quantitative estimate of drug-likeness (QED) is 0.738. The molecule has 0 bridgehead atoms. The molecule has 1 aromatic carbocycles. The first kappa shape index (κ1) is 11.3. The molecule has 0 aliphatic carbocycles. The minimum absolute atomic E-state index is 0.0897. The van der Waals surface area contributed by atoms with Gasteiger partial charge >= 0.3 is 6.09 Å². The molecule has 2 amide bonds. The van der Waals surface area contributed by atoms with E-state index in [1.165, 1.54) is 14.0 Å². The molecule has 0 fully saturated rings. The Morgan fingerprint density at radius 1 is 1.35 bits per heavy atom. The molecule has 0 saturated carbocycles. The second kappa shape index (κ2) is 4.32. The molecule has 1 aliphatic rings. The standard InChI is InChI=1S/C11H11NO5/c1-7(13)12(2)11(14)17-9-5-3-4-8-10(9)16-6-15-8/h3-5H,6H2,1-2H3. The fourth-order valence-corrected chi connectivity index (χ4v) is 1.27. The van der Waals surface area contributed by atoms with Gasteiger partial charge in [-0.3, -0.25) is 9.69 Å². The summed E-state index contributed by atoms with van der Waals surface area (Å²) in [6.45, 7) is 1.36. The molecular formula is C11H11NO5. The van der Waals surface area contributed by atoms with Crippen LogP contribution in [0.3, 0.4) is 0 Å².